The van der Waals surface area contributed by atoms with E-state index in [-0.39, 0.29) is 18.0 Å². The zero-order valence-corrected chi connectivity index (χ0v) is 12.0. The van der Waals surface area contributed by atoms with Crippen LogP contribution in [0.25, 0.3) is 0 Å². The minimum absolute atomic E-state index is 0.0647. The van der Waals surface area contributed by atoms with Crippen molar-refractivity contribution in [1.82, 2.24) is 9.71 Å². The van der Waals surface area contributed by atoms with Crippen molar-refractivity contribution in [1.29, 1.82) is 0 Å². The second kappa shape index (κ2) is 6.32. The molecule has 1 aromatic carbocycles. The van der Waals surface area contributed by atoms with Crippen LogP contribution in [0.15, 0.2) is 47.6 Å². The molecule has 0 atom stereocenters. The van der Waals surface area contributed by atoms with E-state index in [0.29, 0.717) is 10.6 Å². The summed E-state index contributed by atoms with van der Waals surface area (Å²) < 4.78 is 26.7. The maximum Gasteiger partial charge on any atom is 0.240 e. The third-order valence-electron chi connectivity index (χ3n) is 2.69. The van der Waals surface area contributed by atoms with Gasteiger partial charge in [-0.2, -0.15) is 0 Å². The molecule has 0 saturated carbocycles. The van der Waals surface area contributed by atoms with Crippen LogP contribution in [-0.4, -0.2) is 18.5 Å². The lowest BCUT2D eigenvalue weighted by Crippen LogP contribution is -2.23. The van der Waals surface area contributed by atoms with Crippen LogP contribution in [0, 0.1) is 0 Å². The topological polar surface area (TPSA) is 79.3 Å². The van der Waals surface area contributed by atoms with Crippen molar-refractivity contribution in [3.8, 4) is 0 Å². The van der Waals surface area contributed by atoms with Gasteiger partial charge in [0.2, 0.25) is 10.0 Å². The van der Waals surface area contributed by atoms with Crippen molar-refractivity contribution in [2.45, 2.75) is 18.0 Å². The molecule has 0 aliphatic heterocycles. The van der Waals surface area contributed by atoms with Crippen LogP contribution in [0.5, 0.6) is 0 Å². The number of sulfonamides is 1. The molecule has 106 valence electrons. The highest BCUT2D eigenvalue weighted by molar-refractivity contribution is 7.89. The van der Waals surface area contributed by atoms with Crippen LogP contribution in [0.2, 0.25) is 5.02 Å². The number of aliphatic hydroxyl groups excluding tert-OH is 1. The summed E-state index contributed by atoms with van der Waals surface area (Å²) in [5.74, 6) is 0. The van der Waals surface area contributed by atoms with E-state index in [2.05, 4.69) is 9.71 Å². The number of benzene rings is 1. The Morgan fingerprint density at radius 1 is 1.30 bits per heavy atom. The van der Waals surface area contributed by atoms with Crippen molar-refractivity contribution in [3.05, 3.63) is 58.9 Å². The standard InChI is InChI=1S/C13H13ClN2O3S/c14-13-4-3-12(6-11(13)9-17)20(18,19)16-8-10-2-1-5-15-7-10/h1-7,16-17H,8-9H2. The summed E-state index contributed by atoms with van der Waals surface area (Å²) in [6, 6.07) is 7.71. The summed E-state index contributed by atoms with van der Waals surface area (Å²) in [6.45, 7) is -0.169. The molecule has 2 N–H and O–H groups in total. The summed E-state index contributed by atoms with van der Waals surface area (Å²) >= 11 is 5.84. The molecule has 0 bridgehead atoms. The number of aromatic nitrogens is 1. The SMILES string of the molecule is O=S(=O)(NCc1cccnc1)c1ccc(Cl)c(CO)c1. The largest absolute Gasteiger partial charge is 0.392 e. The number of hydrogen-bond donors (Lipinski definition) is 2. The number of aliphatic hydroxyl groups is 1. The number of halogens is 1. The van der Waals surface area contributed by atoms with Gasteiger partial charge in [-0.15, -0.1) is 0 Å². The van der Waals surface area contributed by atoms with E-state index in [9.17, 15) is 8.42 Å². The Morgan fingerprint density at radius 2 is 2.10 bits per heavy atom. The van der Waals surface area contributed by atoms with Gasteiger partial charge in [-0.3, -0.25) is 4.98 Å². The number of pyridine rings is 1. The fourth-order valence-electron chi connectivity index (χ4n) is 1.60. The van der Waals surface area contributed by atoms with Crippen molar-refractivity contribution < 1.29 is 13.5 Å². The van der Waals surface area contributed by atoms with Gasteiger partial charge in [0.15, 0.2) is 0 Å². The Morgan fingerprint density at radius 3 is 2.75 bits per heavy atom. The second-order valence-electron chi connectivity index (χ2n) is 4.10. The van der Waals surface area contributed by atoms with Crippen LogP contribution >= 0.6 is 11.6 Å². The normalized spacial score (nSPS) is 11.5. The molecule has 5 nitrogen and oxygen atoms in total. The molecule has 7 heteroatoms. The van der Waals surface area contributed by atoms with E-state index in [1.807, 2.05) is 0 Å². The lowest BCUT2D eigenvalue weighted by Gasteiger charge is -2.08. The van der Waals surface area contributed by atoms with Gasteiger partial charge in [-0.1, -0.05) is 17.7 Å². The molecule has 0 amide bonds. The van der Waals surface area contributed by atoms with Gasteiger partial charge in [0.25, 0.3) is 0 Å². The van der Waals surface area contributed by atoms with Crippen LogP contribution in [-0.2, 0) is 23.2 Å². The summed E-state index contributed by atoms with van der Waals surface area (Å²) in [5, 5.41) is 9.44. The van der Waals surface area contributed by atoms with E-state index in [0.717, 1.165) is 5.56 Å². The molecule has 2 rings (SSSR count). The molecular weight excluding hydrogens is 300 g/mol. The Labute approximate surface area is 122 Å². The first-order valence-electron chi connectivity index (χ1n) is 5.81. The van der Waals surface area contributed by atoms with Crippen molar-refractivity contribution in [2.24, 2.45) is 0 Å². The van der Waals surface area contributed by atoms with Crippen LogP contribution < -0.4 is 4.72 Å². The van der Waals surface area contributed by atoms with Gasteiger partial charge < -0.3 is 5.11 Å². The molecule has 0 fully saturated rings. The number of nitrogens with one attached hydrogen (secondary N) is 1. The monoisotopic (exact) mass is 312 g/mol. The molecule has 1 heterocycles. The summed E-state index contributed by atoms with van der Waals surface area (Å²) in [6.07, 6.45) is 3.20. The Bertz CT molecular complexity index is 690. The van der Waals surface area contributed by atoms with E-state index in [1.54, 1.807) is 24.5 Å². The van der Waals surface area contributed by atoms with Gasteiger partial charge in [-0.25, -0.2) is 13.1 Å². The maximum absolute atomic E-state index is 12.1. The smallest absolute Gasteiger partial charge is 0.240 e. The van der Waals surface area contributed by atoms with Crippen molar-refractivity contribution >= 4 is 21.6 Å². The van der Waals surface area contributed by atoms with Gasteiger partial charge in [0.1, 0.15) is 0 Å². The van der Waals surface area contributed by atoms with Gasteiger partial charge in [0.05, 0.1) is 11.5 Å². The minimum Gasteiger partial charge on any atom is -0.392 e. The van der Waals surface area contributed by atoms with E-state index >= 15 is 0 Å². The van der Waals surface area contributed by atoms with E-state index in [4.69, 9.17) is 16.7 Å². The molecule has 0 aliphatic rings. The lowest BCUT2D eigenvalue weighted by atomic mass is 10.2. The number of nitrogens with zero attached hydrogens (tertiary/aromatic N) is 1. The average molecular weight is 313 g/mol. The van der Waals surface area contributed by atoms with Gasteiger partial charge >= 0.3 is 0 Å². The second-order valence-corrected chi connectivity index (χ2v) is 6.27. The lowest BCUT2D eigenvalue weighted by molar-refractivity contribution is 0.281. The third kappa shape index (κ3) is 3.55. The predicted octanol–water partition coefficient (Wildman–Crippen LogP) is 1.71. The van der Waals surface area contributed by atoms with Crippen molar-refractivity contribution in [2.75, 3.05) is 0 Å². The van der Waals surface area contributed by atoms with Crippen LogP contribution in [0.3, 0.4) is 0 Å². The highest BCUT2D eigenvalue weighted by atomic mass is 35.5. The first-order valence-corrected chi connectivity index (χ1v) is 7.67. The van der Waals surface area contributed by atoms with Crippen molar-refractivity contribution in [3.63, 3.8) is 0 Å². The van der Waals surface area contributed by atoms with Crippen LogP contribution in [0.4, 0.5) is 0 Å². The first kappa shape index (κ1) is 14.9. The average Bonchev–Trinajstić information content (AvgIpc) is 2.46. The van der Waals surface area contributed by atoms with Gasteiger partial charge in [0, 0.05) is 24.0 Å². The number of rotatable bonds is 5. The number of hydrogen-bond acceptors (Lipinski definition) is 4. The molecule has 0 saturated heterocycles. The summed E-state index contributed by atoms with van der Waals surface area (Å²) in [7, 11) is -3.66. The molecule has 0 aliphatic carbocycles. The maximum atomic E-state index is 12.1. The van der Waals surface area contributed by atoms with Crippen LogP contribution in [0.1, 0.15) is 11.1 Å². The minimum atomic E-state index is -3.66. The fraction of sp³-hybridized carbons (Fsp3) is 0.154. The molecule has 1 aromatic heterocycles. The quantitative estimate of drug-likeness (QED) is 0.881. The molecule has 2 aromatic rings. The highest BCUT2D eigenvalue weighted by Gasteiger charge is 2.15. The molecular formula is C13H13ClN2O3S. The van der Waals surface area contributed by atoms with E-state index in [1.165, 1.54) is 18.2 Å². The predicted molar refractivity (Wildman–Crippen MR) is 75.6 cm³/mol. The molecule has 0 unspecified atom stereocenters. The first-order chi connectivity index (χ1) is 9.53. The van der Waals surface area contributed by atoms with Gasteiger partial charge in [-0.05, 0) is 35.4 Å². The Kier molecular flexibility index (Phi) is 4.72. The Balaban J connectivity index is 2.18. The summed E-state index contributed by atoms with van der Waals surface area (Å²) in [5.41, 5.74) is 1.13. The fourth-order valence-corrected chi connectivity index (χ4v) is 2.85. The zero-order valence-electron chi connectivity index (χ0n) is 10.5. The third-order valence-corrected chi connectivity index (χ3v) is 4.45. The molecule has 0 spiro atoms. The highest BCUT2D eigenvalue weighted by Crippen LogP contribution is 2.20. The molecule has 0 radical (unpaired) electrons. The van der Waals surface area contributed by atoms with E-state index < -0.39 is 10.0 Å². The molecule has 20 heavy (non-hydrogen) atoms. The summed E-state index contributed by atoms with van der Waals surface area (Å²) in [4.78, 5) is 3.98. The Hall–Kier alpha value is -1.47. The zero-order chi connectivity index (χ0) is 14.6.